The van der Waals surface area contributed by atoms with Crippen molar-refractivity contribution in [3.8, 4) is 17.1 Å². The first-order valence-corrected chi connectivity index (χ1v) is 5.93. The van der Waals surface area contributed by atoms with Crippen LogP contribution in [0.15, 0.2) is 42.5 Å². The minimum atomic E-state index is -1.09. The summed E-state index contributed by atoms with van der Waals surface area (Å²) in [6.07, 6.45) is 0. The van der Waals surface area contributed by atoms with Gasteiger partial charge in [0.15, 0.2) is 11.3 Å². The predicted octanol–water partition coefficient (Wildman–Crippen LogP) is 2.10. The number of aromatic carboxylic acids is 1. The molecule has 1 N–H and O–H groups in total. The van der Waals surface area contributed by atoms with Gasteiger partial charge >= 0.3 is 5.97 Å². The van der Waals surface area contributed by atoms with E-state index in [0.29, 0.717) is 17.2 Å². The molecule has 0 aliphatic heterocycles. The maximum absolute atomic E-state index is 11.4. The van der Waals surface area contributed by atoms with Gasteiger partial charge < -0.3 is 9.84 Å². The molecular weight excluding hydrogens is 258 g/mol. The average molecular weight is 269 g/mol. The molecule has 3 rings (SSSR count). The summed E-state index contributed by atoms with van der Waals surface area (Å²) < 4.78 is 6.56. The van der Waals surface area contributed by atoms with E-state index in [9.17, 15) is 9.90 Å². The fourth-order valence-corrected chi connectivity index (χ4v) is 2.03. The first kappa shape index (κ1) is 12.2. The molecule has 0 unspecified atom stereocenters. The fourth-order valence-electron chi connectivity index (χ4n) is 2.03. The number of imidazole rings is 1. The molecule has 1 aromatic carbocycles. The Balaban J connectivity index is 2.36. The third-order valence-corrected chi connectivity index (χ3v) is 2.91. The van der Waals surface area contributed by atoms with E-state index < -0.39 is 5.97 Å². The molecule has 3 aromatic rings. The second-order valence-electron chi connectivity index (χ2n) is 4.13. The zero-order valence-electron chi connectivity index (χ0n) is 10.6. The summed E-state index contributed by atoms with van der Waals surface area (Å²) in [4.78, 5) is 15.5. The molecule has 100 valence electrons. The van der Waals surface area contributed by atoms with Gasteiger partial charge in [0.2, 0.25) is 5.88 Å². The highest BCUT2D eigenvalue weighted by Crippen LogP contribution is 2.25. The maximum atomic E-state index is 11.4. The average Bonchev–Trinajstić information content (AvgIpc) is 2.86. The van der Waals surface area contributed by atoms with E-state index in [2.05, 4.69) is 10.1 Å². The molecule has 0 bridgehead atoms. The van der Waals surface area contributed by atoms with Gasteiger partial charge in [-0.1, -0.05) is 30.3 Å². The van der Waals surface area contributed by atoms with Crippen LogP contribution in [0.1, 0.15) is 10.5 Å². The number of aromatic nitrogens is 3. The molecule has 0 saturated carbocycles. The van der Waals surface area contributed by atoms with Gasteiger partial charge in [0, 0.05) is 11.6 Å². The lowest BCUT2D eigenvalue weighted by Gasteiger charge is -2.03. The molecular formula is C14H11N3O3. The third-order valence-electron chi connectivity index (χ3n) is 2.91. The highest BCUT2D eigenvalue weighted by molar-refractivity contribution is 5.94. The van der Waals surface area contributed by atoms with Gasteiger partial charge in [0.1, 0.15) is 5.69 Å². The van der Waals surface area contributed by atoms with Crippen molar-refractivity contribution in [1.29, 1.82) is 0 Å². The van der Waals surface area contributed by atoms with E-state index in [1.165, 1.54) is 11.6 Å². The van der Waals surface area contributed by atoms with Crippen molar-refractivity contribution >= 4 is 11.6 Å². The quantitative estimate of drug-likeness (QED) is 0.788. The van der Waals surface area contributed by atoms with E-state index in [-0.39, 0.29) is 5.69 Å². The molecule has 0 spiro atoms. The van der Waals surface area contributed by atoms with Crippen LogP contribution in [0, 0.1) is 0 Å². The van der Waals surface area contributed by atoms with Crippen molar-refractivity contribution in [1.82, 2.24) is 14.6 Å². The summed E-state index contributed by atoms with van der Waals surface area (Å²) in [6, 6.07) is 12.5. The molecule has 0 aliphatic rings. The van der Waals surface area contributed by atoms with Gasteiger partial charge in [0.05, 0.1) is 7.11 Å². The Morgan fingerprint density at radius 2 is 1.95 bits per heavy atom. The smallest absolute Gasteiger partial charge is 0.356 e. The summed E-state index contributed by atoms with van der Waals surface area (Å²) in [5.41, 5.74) is 1.60. The minimum Gasteiger partial charge on any atom is -0.480 e. The number of benzene rings is 1. The predicted molar refractivity (Wildman–Crippen MR) is 71.9 cm³/mol. The molecule has 0 amide bonds. The Morgan fingerprint density at radius 1 is 1.20 bits per heavy atom. The van der Waals surface area contributed by atoms with Crippen LogP contribution in [0.4, 0.5) is 0 Å². The number of carbonyl (C=O) groups is 1. The lowest BCUT2D eigenvalue weighted by Crippen LogP contribution is -2.01. The first-order valence-electron chi connectivity index (χ1n) is 5.93. The van der Waals surface area contributed by atoms with Crippen LogP contribution in [0.5, 0.6) is 5.88 Å². The van der Waals surface area contributed by atoms with Crippen LogP contribution in [-0.2, 0) is 0 Å². The second kappa shape index (κ2) is 4.65. The summed E-state index contributed by atoms with van der Waals surface area (Å²) in [5, 5.41) is 13.6. The van der Waals surface area contributed by atoms with E-state index >= 15 is 0 Å². The topological polar surface area (TPSA) is 76.7 Å². The number of hydrogen-bond acceptors (Lipinski definition) is 4. The Kier molecular flexibility index (Phi) is 2.83. The van der Waals surface area contributed by atoms with Gasteiger partial charge in [0.25, 0.3) is 0 Å². The maximum Gasteiger partial charge on any atom is 0.356 e. The molecule has 20 heavy (non-hydrogen) atoms. The van der Waals surface area contributed by atoms with Gasteiger partial charge in [-0.25, -0.2) is 14.3 Å². The Hall–Kier alpha value is -2.89. The lowest BCUT2D eigenvalue weighted by molar-refractivity contribution is 0.0692. The zero-order valence-corrected chi connectivity index (χ0v) is 10.6. The normalized spacial score (nSPS) is 10.7. The highest BCUT2D eigenvalue weighted by atomic mass is 16.5. The number of nitrogens with zero attached hydrogens (tertiary/aromatic N) is 3. The van der Waals surface area contributed by atoms with E-state index in [1.807, 2.05) is 30.3 Å². The van der Waals surface area contributed by atoms with Gasteiger partial charge in [-0.15, -0.1) is 5.10 Å². The van der Waals surface area contributed by atoms with Gasteiger partial charge in [-0.3, -0.25) is 0 Å². The Morgan fingerprint density at radius 3 is 2.60 bits per heavy atom. The second-order valence-corrected chi connectivity index (χ2v) is 4.13. The summed E-state index contributed by atoms with van der Waals surface area (Å²) in [7, 11) is 1.51. The van der Waals surface area contributed by atoms with Crippen molar-refractivity contribution in [2.24, 2.45) is 0 Å². The molecule has 6 nitrogen and oxygen atoms in total. The van der Waals surface area contributed by atoms with Crippen molar-refractivity contribution in [2.45, 2.75) is 0 Å². The van der Waals surface area contributed by atoms with Crippen LogP contribution in [-0.4, -0.2) is 32.8 Å². The van der Waals surface area contributed by atoms with Gasteiger partial charge in [-0.2, -0.15) is 0 Å². The van der Waals surface area contributed by atoms with Crippen molar-refractivity contribution < 1.29 is 14.6 Å². The van der Waals surface area contributed by atoms with Crippen molar-refractivity contribution in [2.75, 3.05) is 7.11 Å². The van der Waals surface area contributed by atoms with Crippen LogP contribution in [0.25, 0.3) is 16.9 Å². The lowest BCUT2D eigenvalue weighted by atomic mass is 10.1. The highest BCUT2D eigenvalue weighted by Gasteiger charge is 2.20. The zero-order chi connectivity index (χ0) is 14.1. The van der Waals surface area contributed by atoms with E-state index in [1.54, 1.807) is 12.1 Å². The van der Waals surface area contributed by atoms with E-state index in [0.717, 1.165) is 5.56 Å². The molecule has 6 heteroatoms. The summed E-state index contributed by atoms with van der Waals surface area (Å²) in [6.45, 7) is 0. The molecule has 2 aromatic heterocycles. The molecule has 0 atom stereocenters. The van der Waals surface area contributed by atoms with Crippen LogP contribution in [0.3, 0.4) is 0 Å². The number of carboxylic acids is 1. The standard InChI is InChI=1S/C14H11N3O3/c1-20-11-8-7-10-15-12(14(18)19)13(17(10)16-11)9-5-3-2-4-6-9/h2-8H,1H3,(H,18,19). The summed E-state index contributed by atoms with van der Waals surface area (Å²) >= 11 is 0. The van der Waals surface area contributed by atoms with Crippen molar-refractivity contribution in [3.63, 3.8) is 0 Å². The molecule has 0 saturated heterocycles. The van der Waals surface area contributed by atoms with Crippen LogP contribution in [0.2, 0.25) is 0 Å². The number of hydrogen-bond donors (Lipinski definition) is 1. The number of rotatable bonds is 3. The van der Waals surface area contributed by atoms with Crippen molar-refractivity contribution in [3.05, 3.63) is 48.2 Å². The van der Waals surface area contributed by atoms with Crippen LogP contribution < -0.4 is 4.74 Å². The first-order chi connectivity index (χ1) is 9.70. The SMILES string of the molecule is COc1ccc2nc(C(=O)O)c(-c3ccccc3)n2n1. The number of carboxylic acid groups (broad SMARTS) is 1. The monoisotopic (exact) mass is 269 g/mol. The molecule has 0 aliphatic carbocycles. The Labute approximate surface area is 114 Å². The Bertz CT molecular complexity index is 781. The number of ether oxygens (including phenoxy) is 1. The fraction of sp³-hybridized carbons (Fsp3) is 0.0714. The van der Waals surface area contributed by atoms with E-state index in [4.69, 9.17) is 4.74 Å². The van der Waals surface area contributed by atoms with Gasteiger partial charge in [-0.05, 0) is 6.07 Å². The number of methoxy groups -OCH3 is 1. The van der Waals surface area contributed by atoms with Crippen LogP contribution >= 0.6 is 0 Å². The molecule has 0 fully saturated rings. The third kappa shape index (κ3) is 1.87. The number of fused-ring (bicyclic) bond motifs is 1. The summed E-state index contributed by atoms with van der Waals surface area (Å²) in [5.74, 6) is -0.697. The minimum absolute atomic E-state index is 0.0306. The molecule has 0 radical (unpaired) electrons. The molecule has 2 heterocycles. The largest absolute Gasteiger partial charge is 0.480 e.